The number of rotatable bonds is 5. The van der Waals surface area contributed by atoms with Gasteiger partial charge in [-0.15, -0.1) is 0 Å². The maximum absolute atomic E-state index is 12.2. The van der Waals surface area contributed by atoms with Gasteiger partial charge in [0.15, 0.2) is 11.5 Å². The van der Waals surface area contributed by atoms with Gasteiger partial charge in [0, 0.05) is 17.2 Å². The van der Waals surface area contributed by atoms with Crippen LogP contribution in [-0.4, -0.2) is 25.7 Å². The number of hydrogen-bond acceptors (Lipinski definition) is 4. The molecule has 25 heavy (non-hydrogen) atoms. The predicted octanol–water partition coefficient (Wildman–Crippen LogP) is 4.05. The highest BCUT2D eigenvalue weighted by atomic mass is 35.5. The second kappa shape index (κ2) is 7.85. The van der Waals surface area contributed by atoms with Crippen LogP contribution < -0.4 is 20.1 Å². The molecule has 3 rings (SSSR count). The van der Waals surface area contributed by atoms with Crippen LogP contribution in [0, 0.1) is 0 Å². The Kier molecular flexibility index (Phi) is 5.56. The van der Waals surface area contributed by atoms with E-state index in [-0.39, 0.29) is 18.5 Å². The molecule has 0 fully saturated rings. The molecule has 1 amide bonds. The highest BCUT2D eigenvalue weighted by molar-refractivity contribution is 6.33. The molecule has 1 unspecified atom stereocenters. The van der Waals surface area contributed by atoms with Crippen LogP contribution in [0.4, 0.5) is 5.69 Å². The quantitative estimate of drug-likeness (QED) is 0.820. The lowest BCUT2D eigenvalue weighted by Gasteiger charge is -2.20. The number of amides is 1. The molecule has 1 aliphatic heterocycles. The van der Waals surface area contributed by atoms with Gasteiger partial charge in [-0.05, 0) is 24.6 Å². The Hall–Kier alpha value is -2.11. The van der Waals surface area contributed by atoms with Gasteiger partial charge in [-0.25, -0.2) is 0 Å². The normalized spacial score (nSPS) is 13.9. The van der Waals surface area contributed by atoms with Gasteiger partial charge in [0.25, 0.3) is 0 Å². The van der Waals surface area contributed by atoms with Crippen LogP contribution in [-0.2, 0) is 4.79 Å². The maximum atomic E-state index is 12.2. The van der Waals surface area contributed by atoms with Crippen LogP contribution in [0.1, 0.15) is 18.5 Å². The molecule has 0 radical (unpaired) electrons. The average Bonchev–Trinajstić information content (AvgIpc) is 2.60. The molecule has 0 bridgehead atoms. The van der Waals surface area contributed by atoms with Crippen molar-refractivity contribution in [3.63, 3.8) is 0 Å². The molecule has 1 atom stereocenters. The van der Waals surface area contributed by atoms with Gasteiger partial charge in [-0.3, -0.25) is 4.79 Å². The monoisotopic (exact) mass is 380 g/mol. The summed E-state index contributed by atoms with van der Waals surface area (Å²) in [7, 11) is 0. The van der Waals surface area contributed by atoms with Gasteiger partial charge < -0.3 is 20.1 Å². The molecule has 0 aliphatic carbocycles. The standard InChI is InChI=1S/C18H18Cl2N2O3/c1-11(12-2-4-13(19)5-3-12)22-18(23)10-21-15-9-17-16(8-14(15)20)24-6-7-25-17/h2-5,8-9,11,21H,6-7,10H2,1H3,(H,22,23). The smallest absolute Gasteiger partial charge is 0.239 e. The SMILES string of the molecule is CC(NC(=O)CNc1cc2c(cc1Cl)OCCO2)c1ccc(Cl)cc1. The van der Waals surface area contributed by atoms with Crippen LogP contribution in [0.25, 0.3) is 0 Å². The van der Waals surface area contributed by atoms with Gasteiger partial charge in [-0.2, -0.15) is 0 Å². The lowest BCUT2D eigenvalue weighted by atomic mass is 10.1. The lowest BCUT2D eigenvalue weighted by molar-refractivity contribution is -0.120. The molecule has 0 spiro atoms. The number of benzene rings is 2. The van der Waals surface area contributed by atoms with E-state index in [2.05, 4.69) is 10.6 Å². The summed E-state index contributed by atoms with van der Waals surface area (Å²) in [4.78, 5) is 12.2. The Morgan fingerprint density at radius 1 is 1.12 bits per heavy atom. The lowest BCUT2D eigenvalue weighted by Crippen LogP contribution is -2.32. The van der Waals surface area contributed by atoms with E-state index in [0.717, 1.165) is 5.56 Å². The topological polar surface area (TPSA) is 59.6 Å². The largest absolute Gasteiger partial charge is 0.486 e. The summed E-state index contributed by atoms with van der Waals surface area (Å²) >= 11 is 12.1. The summed E-state index contributed by atoms with van der Waals surface area (Å²) in [6.45, 7) is 3.00. The van der Waals surface area contributed by atoms with Crippen molar-refractivity contribution in [2.75, 3.05) is 25.1 Å². The Morgan fingerprint density at radius 3 is 2.44 bits per heavy atom. The van der Waals surface area contributed by atoms with Crippen molar-refractivity contribution in [3.8, 4) is 11.5 Å². The second-order valence-electron chi connectivity index (χ2n) is 5.67. The highest BCUT2D eigenvalue weighted by Gasteiger charge is 2.16. The van der Waals surface area contributed by atoms with Gasteiger partial charge >= 0.3 is 0 Å². The second-order valence-corrected chi connectivity index (χ2v) is 6.51. The fourth-order valence-electron chi connectivity index (χ4n) is 2.50. The molecule has 0 saturated carbocycles. The van der Waals surface area contributed by atoms with E-state index < -0.39 is 0 Å². The third kappa shape index (κ3) is 4.50. The van der Waals surface area contributed by atoms with Crippen molar-refractivity contribution in [3.05, 3.63) is 52.0 Å². The van der Waals surface area contributed by atoms with Crippen molar-refractivity contribution in [1.82, 2.24) is 5.32 Å². The molecule has 2 aromatic carbocycles. The van der Waals surface area contributed by atoms with E-state index >= 15 is 0 Å². The number of anilines is 1. The Morgan fingerprint density at radius 2 is 1.76 bits per heavy atom. The van der Waals surface area contributed by atoms with E-state index in [1.807, 2.05) is 19.1 Å². The third-order valence-corrected chi connectivity index (χ3v) is 4.38. The Labute approximate surface area is 156 Å². The minimum Gasteiger partial charge on any atom is -0.486 e. The molecule has 7 heteroatoms. The maximum Gasteiger partial charge on any atom is 0.239 e. The summed E-state index contributed by atoms with van der Waals surface area (Å²) in [6, 6.07) is 10.7. The van der Waals surface area contributed by atoms with E-state index in [9.17, 15) is 4.79 Å². The fourth-order valence-corrected chi connectivity index (χ4v) is 2.85. The van der Waals surface area contributed by atoms with E-state index in [4.69, 9.17) is 32.7 Å². The van der Waals surface area contributed by atoms with E-state index in [1.54, 1.807) is 24.3 Å². The molecule has 2 N–H and O–H groups in total. The number of carbonyl (C=O) groups is 1. The molecule has 1 heterocycles. The van der Waals surface area contributed by atoms with Gasteiger partial charge in [0.2, 0.25) is 5.91 Å². The molecular formula is C18H18Cl2N2O3. The number of halogens is 2. The van der Waals surface area contributed by atoms with Gasteiger partial charge in [0.05, 0.1) is 23.3 Å². The van der Waals surface area contributed by atoms with Crippen LogP contribution in [0.15, 0.2) is 36.4 Å². The fraction of sp³-hybridized carbons (Fsp3) is 0.278. The van der Waals surface area contributed by atoms with Crippen LogP contribution in [0.5, 0.6) is 11.5 Å². The third-order valence-electron chi connectivity index (χ3n) is 3.82. The van der Waals surface area contributed by atoms with Crippen molar-refractivity contribution in [2.45, 2.75) is 13.0 Å². The highest BCUT2D eigenvalue weighted by Crippen LogP contribution is 2.37. The molecule has 0 aromatic heterocycles. The predicted molar refractivity (Wildman–Crippen MR) is 98.9 cm³/mol. The molecule has 5 nitrogen and oxygen atoms in total. The van der Waals surface area contributed by atoms with Crippen LogP contribution in [0.3, 0.4) is 0 Å². The van der Waals surface area contributed by atoms with Crippen molar-refractivity contribution in [2.24, 2.45) is 0 Å². The number of nitrogens with one attached hydrogen (secondary N) is 2. The van der Waals surface area contributed by atoms with Crippen LogP contribution >= 0.6 is 23.2 Å². The zero-order valence-electron chi connectivity index (χ0n) is 13.6. The molecule has 0 saturated heterocycles. The number of hydrogen-bond donors (Lipinski definition) is 2. The van der Waals surface area contributed by atoms with Crippen molar-refractivity contribution >= 4 is 34.8 Å². The van der Waals surface area contributed by atoms with Gasteiger partial charge in [-0.1, -0.05) is 35.3 Å². The molecule has 2 aromatic rings. The minimum atomic E-state index is -0.145. The van der Waals surface area contributed by atoms with E-state index in [0.29, 0.717) is 40.4 Å². The van der Waals surface area contributed by atoms with Crippen molar-refractivity contribution in [1.29, 1.82) is 0 Å². The first-order chi connectivity index (χ1) is 12.0. The summed E-state index contributed by atoms with van der Waals surface area (Å²) in [6.07, 6.45) is 0. The number of fused-ring (bicyclic) bond motifs is 1. The first-order valence-electron chi connectivity index (χ1n) is 7.91. The van der Waals surface area contributed by atoms with Crippen molar-refractivity contribution < 1.29 is 14.3 Å². The summed E-state index contributed by atoms with van der Waals surface area (Å²) < 4.78 is 11.0. The van der Waals surface area contributed by atoms with E-state index in [1.165, 1.54) is 0 Å². The first kappa shape index (κ1) is 17.7. The molecule has 132 valence electrons. The average molecular weight is 381 g/mol. The first-order valence-corrected chi connectivity index (χ1v) is 8.66. The minimum absolute atomic E-state index is 0.0945. The van der Waals surface area contributed by atoms with Crippen LogP contribution in [0.2, 0.25) is 10.0 Å². The summed E-state index contributed by atoms with van der Waals surface area (Å²) in [5.41, 5.74) is 1.61. The van der Waals surface area contributed by atoms with Gasteiger partial charge in [0.1, 0.15) is 13.2 Å². The number of carbonyl (C=O) groups excluding carboxylic acids is 1. The Bertz CT molecular complexity index is 766. The summed E-state index contributed by atoms with van der Waals surface area (Å²) in [5, 5.41) is 7.09. The molecule has 1 aliphatic rings. The zero-order chi connectivity index (χ0) is 17.8. The Balaban J connectivity index is 1.58. The number of ether oxygens (including phenoxy) is 2. The molecular weight excluding hydrogens is 363 g/mol. The summed E-state index contributed by atoms with van der Waals surface area (Å²) in [5.74, 6) is 1.09. The zero-order valence-corrected chi connectivity index (χ0v) is 15.2.